The van der Waals surface area contributed by atoms with Crippen LogP contribution in [0.25, 0.3) is 0 Å². The fourth-order valence-corrected chi connectivity index (χ4v) is 1.85. The lowest BCUT2D eigenvalue weighted by Crippen LogP contribution is -2.15. The number of hydrogen-bond donors (Lipinski definition) is 2. The number of nitrogens with two attached hydrogens (primary N) is 1. The minimum absolute atomic E-state index is 0.469. The average molecular weight is 220 g/mol. The third kappa shape index (κ3) is 2.48. The minimum atomic E-state index is 0.469. The van der Waals surface area contributed by atoms with Crippen LogP contribution in [0.4, 0.5) is 5.69 Å². The average Bonchev–Trinajstić information content (AvgIpc) is 2.99. The van der Waals surface area contributed by atoms with Gasteiger partial charge < -0.3 is 11.1 Å². The zero-order valence-electron chi connectivity index (χ0n) is 8.92. The fraction of sp³-hybridized carbons (Fsp3) is 0.417. The van der Waals surface area contributed by atoms with E-state index in [9.17, 15) is 0 Å². The number of hydrogen-bond acceptors (Lipinski definition) is 2. The van der Waals surface area contributed by atoms with Crippen LogP contribution >= 0.6 is 12.2 Å². The summed E-state index contributed by atoms with van der Waals surface area (Å²) in [6.45, 7) is 3.12. The third-order valence-electron chi connectivity index (χ3n) is 2.80. The molecule has 3 N–H and O–H groups in total. The zero-order chi connectivity index (χ0) is 10.8. The van der Waals surface area contributed by atoms with Crippen molar-refractivity contribution in [2.75, 3.05) is 11.9 Å². The van der Waals surface area contributed by atoms with Crippen molar-refractivity contribution in [2.45, 2.75) is 19.8 Å². The van der Waals surface area contributed by atoms with Crippen LogP contribution in [-0.4, -0.2) is 11.5 Å². The number of rotatable bonds is 4. The highest BCUT2D eigenvalue weighted by atomic mass is 32.1. The van der Waals surface area contributed by atoms with E-state index in [1.165, 1.54) is 18.4 Å². The topological polar surface area (TPSA) is 38.0 Å². The molecule has 0 unspecified atom stereocenters. The molecule has 3 heteroatoms. The summed E-state index contributed by atoms with van der Waals surface area (Å²) in [5.41, 5.74) is 8.98. The quantitative estimate of drug-likeness (QED) is 0.765. The Balaban J connectivity index is 2.20. The van der Waals surface area contributed by atoms with Crippen LogP contribution in [0.15, 0.2) is 18.2 Å². The van der Waals surface area contributed by atoms with Crippen molar-refractivity contribution < 1.29 is 0 Å². The number of anilines is 1. The van der Waals surface area contributed by atoms with Gasteiger partial charge >= 0.3 is 0 Å². The van der Waals surface area contributed by atoms with Crippen molar-refractivity contribution >= 4 is 22.9 Å². The van der Waals surface area contributed by atoms with Gasteiger partial charge in [0.15, 0.2) is 0 Å². The van der Waals surface area contributed by atoms with Crippen LogP contribution in [-0.2, 0) is 0 Å². The highest BCUT2D eigenvalue weighted by Crippen LogP contribution is 2.30. The molecule has 0 radical (unpaired) electrons. The standard InChI is InChI=1S/C12H16N2S/c1-8-3-2-4-10(12(13)15)11(8)14-7-9-5-6-9/h2-4,9,14H,5-7H2,1H3,(H2,13,15). The first-order chi connectivity index (χ1) is 7.18. The van der Waals surface area contributed by atoms with E-state index in [1.807, 2.05) is 12.1 Å². The van der Waals surface area contributed by atoms with E-state index in [0.717, 1.165) is 23.7 Å². The van der Waals surface area contributed by atoms with Crippen molar-refractivity contribution in [3.05, 3.63) is 29.3 Å². The first-order valence-electron chi connectivity index (χ1n) is 5.32. The molecular weight excluding hydrogens is 204 g/mol. The molecule has 0 heterocycles. The van der Waals surface area contributed by atoms with E-state index < -0.39 is 0 Å². The monoisotopic (exact) mass is 220 g/mol. The molecule has 0 bridgehead atoms. The molecule has 15 heavy (non-hydrogen) atoms. The van der Waals surface area contributed by atoms with Gasteiger partial charge in [0.25, 0.3) is 0 Å². The molecule has 0 amide bonds. The number of thiocarbonyl (C=S) groups is 1. The van der Waals surface area contributed by atoms with Gasteiger partial charge in [-0.3, -0.25) is 0 Å². The van der Waals surface area contributed by atoms with Crippen LogP contribution in [0.1, 0.15) is 24.0 Å². The Morgan fingerprint density at radius 2 is 2.27 bits per heavy atom. The molecule has 1 aliphatic rings. The van der Waals surface area contributed by atoms with E-state index in [1.54, 1.807) is 0 Å². The summed E-state index contributed by atoms with van der Waals surface area (Å²) in [6.07, 6.45) is 2.70. The summed E-state index contributed by atoms with van der Waals surface area (Å²) < 4.78 is 0. The first kappa shape index (κ1) is 10.4. The molecule has 0 spiro atoms. The van der Waals surface area contributed by atoms with Gasteiger partial charge in [0.05, 0.1) is 0 Å². The molecule has 0 aromatic heterocycles. The molecular formula is C12H16N2S. The fourth-order valence-electron chi connectivity index (χ4n) is 1.68. The van der Waals surface area contributed by atoms with Crippen LogP contribution in [0, 0.1) is 12.8 Å². The molecule has 80 valence electrons. The number of para-hydroxylation sites is 1. The van der Waals surface area contributed by atoms with Gasteiger partial charge in [-0.2, -0.15) is 0 Å². The lowest BCUT2D eigenvalue weighted by molar-refractivity contribution is 0.887. The Morgan fingerprint density at radius 3 is 2.87 bits per heavy atom. The predicted octanol–water partition coefficient (Wildman–Crippen LogP) is 2.45. The van der Waals surface area contributed by atoms with E-state index in [0.29, 0.717) is 4.99 Å². The number of benzene rings is 1. The summed E-state index contributed by atoms with van der Waals surface area (Å²) in [7, 11) is 0. The Kier molecular flexibility index (Phi) is 2.91. The van der Waals surface area contributed by atoms with Crippen molar-refractivity contribution in [2.24, 2.45) is 11.7 Å². The lowest BCUT2D eigenvalue weighted by atomic mass is 10.1. The van der Waals surface area contributed by atoms with Gasteiger partial charge in [-0.1, -0.05) is 24.4 Å². The van der Waals surface area contributed by atoms with Crippen LogP contribution in [0.5, 0.6) is 0 Å². The Bertz CT molecular complexity index is 383. The Morgan fingerprint density at radius 1 is 1.53 bits per heavy atom. The smallest absolute Gasteiger partial charge is 0.106 e. The largest absolute Gasteiger partial charge is 0.389 e. The van der Waals surface area contributed by atoms with Gasteiger partial charge in [-0.25, -0.2) is 0 Å². The van der Waals surface area contributed by atoms with E-state index in [2.05, 4.69) is 18.3 Å². The van der Waals surface area contributed by atoms with Crippen LogP contribution < -0.4 is 11.1 Å². The normalized spacial score (nSPS) is 15.0. The molecule has 1 saturated carbocycles. The highest BCUT2D eigenvalue weighted by Gasteiger charge is 2.21. The number of aryl methyl sites for hydroxylation is 1. The molecule has 0 atom stereocenters. The van der Waals surface area contributed by atoms with Crippen molar-refractivity contribution in [1.82, 2.24) is 0 Å². The maximum absolute atomic E-state index is 5.70. The van der Waals surface area contributed by atoms with E-state index in [-0.39, 0.29) is 0 Å². The summed E-state index contributed by atoms with van der Waals surface area (Å²) in [4.78, 5) is 0.469. The van der Waals surface area contributed by atoms with E-state index >= 15 is 0 Å². The van der Waals surface area contributed by atoms with Crippen molar-refractivity contribution in [1.29, 1.82) is 0 Å². The number of nitrogens with one attached hydrogen (secondary N) is 1. The second-order valence-corrected chi connectivity index (χ2v) is 4.63. The first-order valence-corrected chi connectivity index (χ1v) is 5.72. The van der Waals surface area contributed by atoms with Crippen molar-refractivity contribution in [3.8, 4) is 0 Å². The van der Waals surface area contributed by atoms with Crippen LogP contribution in [0.3, 0.4) is 0 Å². The molecule has 1 aliphatic carbocycles. The maximum Gasteiger partial charge on any atom is 0.106 e. The van der Waals surface area contributed by atoms with Gasteiger partial charge in [0, 0.05) is 17.8 Å². The van der Waals surface area contributed by atoms with Gasteiger partial charge in [-0.05, 0) is 37.3 Å². The van der Waals surface area contributed by atoms with Crippen LogP contribution in [0.2, 0.25) is 0 Å². The molecule has 1 fully saturated rings. The second kappa shape index (κ2) is 4.19. The van der Waals surface area contributed by atoms with Gasteiger partial charge in [-0.15, -0.1) is 0 Å². The minimum Gasteiger partial charge on any atom is -0.389 e. The second-order valence-electron chi connectivity index (χ2n) is 4.19. The van der Waals surface area contributed by atoms with E-state index in [4.69, 9.17) is 18.0 Å². The Hall–Kier alpha value is -1.09. The highest BCUT2D eigenvalue weighted by molar-refractivity contribution is 7.80. The summed E-state index contributed by atoms with van der Waals surface area (Å²) in [6, 6.07) is 6.05. The molecule has 0 saturated heterocycles. The summed E-state index contributed by atoms with van der Waals surface area (Å²) >= 11 is 5.04. The zero-order valence-corrected chi connectivity index (χ0v) is 9.73. The third-order valence-corrected chi connectivity index (χ3v) is 3.02. The van der Waals surface area contributed by atoms with Gasteiger partial charge in [0.2, 0.25) is 0 Å². The molecule has 2 nitrogen and oxygen atoms in total. The predicted molar refractivity (Wildman–Crippen MR) is 68.3 cm³/mol. The molecule has 0 aliphatic heterocycles. The molecule has 1 aromatic rings. The summed E-state index contributed by atoms with van der Waals surface area (Å²) in [5, 5.41) is 3.46. The van der Waals surface area contributed by atoms with Crippen molar-refractivity contribution in [3.63, 3.8) is 0 Å². The molecule has 2 rings (SSSR count). The SMILES string of the molecule is Cc1cccc(C(N)=S)c1NCC1CC1. The molecule has 1 aromatic carbocycles. The maximum atomic E-state index is 5.70. The van der Waals surface area contributed by atoms with Gasteiger partial charge in [0.1, 0.15) is 4.99 Å². The lowest BCUT2D eigenvalue weighted by Gasteiger charge is -2.13. The summed E-state index contributed by atoms with van der Waals surface area (Å²) in [5.74, 6) is 0.851. The Labute approximate surface area is 95.9 Å².